The zero-order chi connectivity index (χ0) is 12.3. The van der Waals surface area contributed by atoms with Gasteiger partial charge in [-0.25, -0.2) is 18.6 Å². The predicted octanol–water partition coefficient (Wildman–Crippen LogP) is 2.84. The normalized spacial score (nSPS) is 10.6. The number of rotatable bonds is 3. The van der Waals surface area contributed by atoms with E-state index in [0.29, 0.717) is 0 Å². The Balaban J connectivity index is 3.42. The lowest BCUT2D eigenvalue weighted by molar-refractivity contribution is 0.0598. The fourth-order valence-electron chi connectivity index (χ4n) is 1.19. The fourth-order valence-corrected chi connectivity index (χ4v) is 1.79. The molecule has 0 fully saturated rings. The predicted molar refractivity (Wildman–Crippen MR) is 53.1 cm³/mol. The van der Waals surface area contributed by atoms with E-state index in [1.54, 1.807) is 0 Å². The van der Waals surface area contributed by atoms with E-state index in [1.165, 1.54) is 0 Å². The van der Waals surface area contributed by atoms with Gasteiger partial charge in [-0.1, -0.05) is 15.9 Å². The van der Waals surface area contributed by atoms with Gasteiger partial charge in [-0.15, -0.1) is 0 Å². The summed E-state index contributed by atoms with van der Waals surface area (Å²) < 4.78 is 42.6. The second kappa shape index (κ2) is 5.29. The molecule has 0 unspecified atom stereocenters. The molecule has 0 aliphatic carbocycles. The van der Waals surface area contributed by atoms with Crippen LogP contribution in [0.2, 0.25) is 0 Å². The quantitative estimate of drug-likeness (QED) is 0.489. The Morgan fingerprint density at radius 1 is 1.62 bits per heavy atom. The van der Waals surface area contributed by atoms with Crippen molar-refractivity contribution in [3.8, 4) is 0 Å². The van der Waals surface area contributed by atoms with Crippen molar-refractivity contribution in [2.24, 2.45) is 0 Å². The number of pyridine rings is 1. The van der Waals surface area contributed by atoms with Crippen LogP contribution >= 0.6 is 15.9 Å². The van der Waals surface area contributed by atoms with E-state index in [1.807, 2.05) is 0 Å². The van der Waals surface area contributed by atoms with Gasteiger partial charge >= 0.3 is 5.97 Å². The van der Waals surface area contributed by atoms with E-state index in [-0.39, 0.29) is 16.5 Å². The van der Waals surface area contributed by atoms with Crippen molar-refractivity contribution >= 4 is 21.9 Å². The third kappa shape index (κ3) is 2.34. The van der Waals surface area contributed by atoms with Gasteiger partial charge < -0.3 is 4.74 Å². The monoisotopic (exact) mass is 297 g/mol. The first-order valence-electron chi connectivity index (χ1n) is 4.12. The summed E-state index contributed by atoms with van der Waals surface area (Å²) in [5.74, 6) is -2.11. The Morgan fingerprint density at radius 3 is 2.69 bits per heavy atom. The number of aromatic nitrogens is 1. The molecule has 0 radical (unpaired) electrons. The molecule has 0 saturated heterocycles. The SMILES string of the molecule is COC(=O)c1cnc(F)c(C(F)F)c1CBr. The number of methoxy groups -OCH3 is 1. The molecule has 0 amide bonds. The Bertz CT molecular complexity index is 412. The number of esters is 1. The Hall–Kier alpha value is -1.11. The zero-order valence-corrected chi connectivity index (χ0v) is 9.72. The highest BCUT2D eigenvalue weighted by atomic mass is 79.9. The van der Waals surface area contributed by atoms with Gasteiger partial charge in [0, 0.05) is 11.5 Å². The molecule has 7 heteroatoms. The van der Waals surface area contributed by atoms with Crippen molar-refractivity contribution in [1.29, 1.82) is 0 Å². The van der Waals surface area contributed by atoms with E-state index < -0.39 is 23.9 Å². The van der Waals surface area contributed by atoms with Crippen LogP contribution in [0.3, 0.4) is 0 Å². The minimum absolute atomic E-state index is 0.0868. The first kappa shape index (κ1) is 13.0. The molecule has 1 aromatic heterocycles. The molecule has 1 rings (SSSR count). The van der Waals surface area contributed by atoms with Crippen molar-refractivity contribution < 1.29 is 22.7 Å². The third-order valence-corrected chi connectivity index (χ3v) is 2.50. The number of nitrogens with zero attached hydrogens (tertiary/aromatic N) is 1. The summed E-state index contributed by atoms with van der Waals surface area (Å²) in [6.07, 6.45) is -2.16. The highest BCUT2D eigenvalue weighted by Gasteiger charge is 2.24. The molecular weight excluding hydrogens is 291 g/mol. The number of halogens is 4. The molecular formula is C9H7BrF3NO2. The second-order valence-corrected chi connectivity index (χ2v) is 3.34. The van der Waals surface area contributed by atoms with Gasteiger partial charge in [0.25, 0.3) is 6.43 Å². The number of alkyl halides is 3. The van der Waals surface area contributed by atoms with Crippen molar-refractivity contribution in [3.63, 3.8) is 0 Å². The molecule has 88 valence electrons. The lowest BCUT2D eigenvalue weighted by Gasteiger charge is -2.10. The highest BCUT2D eigenvalue weighted by molar-refractivity contribution is 9.08. The summed E-state index contributed by atoms with van der Waals surface area (Å²) in [6, 6.07) is 0. The van der Waals surface area contributed by atoms with Crippen LogP contribution in [-0.2, 0) is 10.1 Å². The highest BCUT2D eigenvalue weighted by Crippen LogP contribution is 2.29. The molecule has 16 heavy (non-hydrogen) atoms. The summed E-state index contributed by atoms with van der Waals surface area (Å²) in [5, 5.41) is -0.0868. The van der Waals surface area contributed by atoms with Crippen molar-refractivity contribution in [2.45, 2.75) is 11.8 Å². The summed E-state index contributed by atoms with van der Waals surface area (Å²) in [7, 11) is 1.10. The molecule has 0 N–H and O–H groups in total. The average Bonchev–Trinajstić information content (AvgIpc) is 2.26. The van der Waals surface area contributed by atoms with Crippen LogP contribution in [0.15, 0.2) is 6.20 Å². The maximum Gasteiger partial charge on any atom is 0.339 e. The zero-order valence-electron chi connectivity index (χ0n) is 8.14. The standard InChI is InChI=1S/C9H7BrF3NO2/c1-16-9(15)5-3-14-8(13)6(7(11)12)4(5)2-10/h3,7H,2H2,1H3. The van der Waals surface area contributed by atoms with Gasteiger partial charge in [0.05, 0.1) is 18.2 Å². The molecule has 0 aliphatic rings. The minimum atomic E-state index is -3.04. The van der Waals surface area contributed by atoms with Crippen LogP contribution in [0.4, 0.5) is 13.2 Å². The van der Waals surface area contributed by atoms with Crippen LogP contribution < -0.4 is 0 Å². The van der Waals surface area contributed by atoms with Gasteiger partial charge in [-0.3, -0.25) is 0 Å². The van der Waals surface area contributed by atoms with Gasteiger partial charge in [0.1, 0.15) is 0 Å². The number of hydrogen-bond acceptors (Lipinski definition) is 3. The Labute approximate surface area is 97.8 Å². The molecule has 0 aliphatic heterocycles. The Morgan fingerprint density at radius 2 is 2.25 bits per heavy atom. The average molecular weight is 298 g/mol. The molecule has 0 bridgehead atoms. The van der Waals surface area contributed by atoms with Crippen LogP contribution in [0, 0.1) is 5.95 Å². The van der Waals surface area contributed by atoms with Gasteiger partial charge in [-0.2, -0.15) is 4.39 Å². The number of carbonyl (C=O) groups excluding carboxylic acids is 1. The smallest absolute Gasteiger partial charge is 0.339 e. The first-order chi connectivity index (χ1) is 7.52. The maximum atomic E-state index is 13.1. The van der Waals surface area contributed by atoms with Crippen LogP contribution in [0.5, 0.6) is 0 Å². The second-order valence-electron chi connectivity index (χ2n) is 2.78. The number of carbonyl (C=O) groups is 1. The van der Waals surface area contributed by atoms with Crippen molar-refractivity contribution in [1.82, 2.24) is 4.98 Å². The van der Waals surface area contributed by atoms with Gasteiger partial charge in [0.2, 0.25) is 5.95 Å². The van der Waals surface area contributed by atoms with Gasteiger partial charge in [-0.05, 0) is 5.56 Å². The topological polar surface area (TPSA) is 39.2 Å². The molecule has 0 saturated carbocycles. The number of hydrogen-bond donors (Lipinski definition) is 0. The maximum absolute atomic E-state index is 13.1. The van der Waals surface area contributed by atoms with Crippen molar-refractivity contribution in [2.75, 3.05) is 7.11 Å². The van der Waals surface area contributed by atoms with Crippen LogP contribution in [0.1, 0.15) is 27.9 Å². The summed E-state index contributed by atoms with van der Waals surface area (Å²) in [4.78, 5) is 14.3. The third-order valence-electron chi connectivity index (χ3n) is 1.94. The molecule has 3 nitrogen and oxygen atoms in total. The van der Waals surface area contributed by atoms with Gasteiger partial charge in [0.15, 0.2) is 0 Å². The number of ether oxygens (including phenoxy) is 1. The van der Waals surface area contributed by atoms with E-state index in [4.69, 9.17) is 0 Å². The molecule has 0 atom stereocenters. The largest absolute Gasteiger partial charge is 0.465 e. The van der Waals surface area contributed by atoms with Crippen molar-refractivity contribution in [3.05, 3.63) is 28.8 Å². The summed E-state index contributed by atoms with van der Waals surface area (Å²) in [5.41, 5.74) is -1.19. The first-order valence-corrected chi connectivity index (χ1v) is 5.24. The van der Waals surface area contributed by atoms with Crippen LogP contribution in [-0.4, -0.2) is 18.1 Å². The Kier molecular flexibility index (Phi) is 4.28. The van der Waals surface area contributed by atoms with E-state index in [9.17, 15) is 18.0 Å². The van der Waals surface area contributed by atoms with E-state index in [2.05, 4.69) is 25.7 Å². The molecule has 0 spiro atoms. The van der Waals surface area contributed by atoms with E-state index in [0.717, 1.165) is 13.3 Å². The lowest BCUT2D eigenvalue weighted by atomic mass is 10.1. The lowest BCUT2D eigenvalue weighted by Crippen LogP contribution is -2.11. The van der Waals surface area contributed by atoms with Crippen LogP contribution in [0.25, 0.3) is 0 Å². The fraction of sp³-hybridized carbons (Fsp3) is 0.333. The molecule has 0 aromatic carbocycles. The summed E-state index contributed by atoms with van der Waals surface area (Å²) >= 11 is 2.92. The summed E-state index contributed by atoms with van der Waals surface area (Å²) in [6.45, 7) is 0. The van der Waals surface area contributed by atoms with E-state index >= 15 is 0 Å². The minimum Gasteiger partial charge on any atom is -0.465 e. The molecule has 1 heterocycles. The molecule has 1 aromatic rings.